The van der Waals surface area contributed by atoms with Crippen LogP contribution in [0.5, 0.6) is 0 Å². The highest BCUT2D eigenvalue weighted by molar-refractivity contribution is 4.93. The molecule has 0 aromatic rings. The van der Waals surface area contributed by atoms with E-state index in [4.69, 9.17) is 0 Å². The molecule has 0 nitrogen and oxygen atoms in total. The second kappa shape index (κ2) is 13.3. The first kappa shape index (κ1) is 26.0. The Bertz CT molecular complexity index is 385. The van der Waals surface area contributed by atoms with Gasteiger partial charge in [0.25, 0.3) is 0 Å². The minimum atomic E-state index is 0.866. The van der Waals surface area contributed by atoms with E-state index in [2.05, 4.69) is 62.3 Å². The molecule has 0 aliphatic heterocycles. The minimum Gasteiger partial charge on any atom is -0.0654 e. The summed E-state index contributed by atoms with van der Waals surface area (Å²) in [6, 6.07) is 0. The van der Waals surface area contributed by atoms with E-state index in [1.807, 2.05) is 0 Å². The molecular formula is C28H56. The first-order valence-corrected chi connectivity index (χ1v) is 13.3. The Labute approximate surface area is 180 Å². The predicted octanol–water partition coefficient (Wildman–Crippen LogP) is 9.63. The molecule has 1 aliphatic carbocycles. The van der Waals surface area contributed by atoms with Gasteiger partial charge in [0.05, 0.1) is 0 Å². The van der Waals surface area contributed by atoms with Crippen LogP contribution in [0.4, 0.5) is 0 Å². The largest absolute Gasteiger partial charge is 0.0654 e. The molecule has 0 spiro atoms. The Morgan fingerprint density at radius 3 is 1.86 bits per heavy atom. The van der Waals surface area contributed by atoms with Gasteiger partial charge in [-0.3, -0.25) is 0 Å². The van der Waals surface area contributed by atoms with Crippen LogP contribution in [0.3, 0.4) is 0 Å². The highest BCUT2D eigenvalue weighted by Gasteiger charge is 2.44. The summed E-state index contributed by atoms with van der Waals surface area (Å²) in [5.41, 5.74) is 0. The molecular weight excluding hydrogens is 336 g/mol. The van der Waals surface area contributed by atoms with Gasteiger partial charge < -0.3 is 0 Å². The van der Waals surface area contributed by atoms with Crippen molar-refractivity contribution in [2.75, 3.05) is 0 Å². The lowest BCUT2D eigenvalue weighted by Crippen LogP contribution is -2.29. The average molecular weight is 393 g/mol. The van der Waals surface area contributed by atoms with Gasteiger partial charge in [0.1, 0.15) is 0 Å². The summed E-state index contributed by atoms with van der Waals surface area (Å²) in [7, 11) is 0. The van der Waals surface area contributed by atoms with Crippen molar-refractivity contribution in [3.05, 3.63) is 0 Å². The summed E-state index contributed by atoms with van der Waals surface area (Å²) in [6.45, 7) is 22.3. The van der Waals surface area contributed by atoms with Crippen LogP contribution in [-0.2, 0) is 0 Å². The molecule has 9 atom stereocenters. The molecule has 9 unspecified atom stereocenters. The van der Waals surface area contributed by atoms with Crippen molar-refractivity contribution in [2.45, 2.75) is 127 Å². The van der Waals surface area contributed by atoms with E-state index in [0.717, 1.165) is 53.3 Å². The minimum absolute atomic E-state index is 0.866. The molecule has 0 bridgehead atoms. The molecule has 0 aromatic carbocycles. The summed E-state index contributed by atoms with van der Waals surface area (Å²) < 4.78 is 0. The third-order valence-electron chi connectivity index (χ3n) is 9.23. The van der Waals surface area contributed by atoms with Gasteiger partial charge >= 0.3 is 0 Å². The molecule has 0 amide bonds. The van der Waals surface area contributed by atoms with E-state index in [1.54, 1.807) is 0 Å². The summed E-state index contributed by atoms with van der Waals surface area (Å²) in [6.07, 6.45) is 14.2. The molecule has 168 valence electrons. The van der Waals surface area contributed by atoms with Gasteiger partial charge in [0.2, 0.25) is 0 Å². The summed E-state index contributed by atoms with van der Waals surface area (Å²) >= 11 is 0. The average Bonchev–Trinajstić information content (AvgIpc) is 3.31. The maximum absolute atomic E-state index is 2.58. The van der Waals surface area contributed by atoms with Crippen molar-refractivity contribution in [1.29, 1.82) is 0 Å². The van der Waals surface area contributed by atoms with Crippen molar-refractivity contribution < 1.29 is 0 Å². The standard InChI is InChI=1S/C28H56/c1-10-14-16-25(13-4)28(23(8)20(5)12-3)19-22(7)21(6)17-18-27-24(9)26(27)15-11-2/h20-28H,10-19H2,1-9H3. The zero-order valence-corrected chi connectivity index (χ0v) is 21.3. The number of rotatable bonds is 16. The fourth-order valence-electron chi connectivity index (χ4n) is 6.14. The van der Waals surface area contributed by atoms with Crippen LogP contribution in [0, 0.1) is 53.3 Å². The Balaban J connectivity index is 2.64. The molecule has 0 radical (unpaired) electrons. The smallest absolute Gasteiger partial charge is 0.0355 e. The Hall–Kier alpha value is 0. The summed E-state index contributed by atoms with van der Waals surface area (Å²) in [5.74, 6) is 8.51. The molecule has 1 saturated carbocycles. The fraction of sp³-hybridized carbons (Fsp3) is 1.00. The monoisotopic (exact) mass is 392 g/mol. The van der Waals surface area contributed by atoms with Crippen molar-refractivity contribution in [3.63, 3.8) is 0 Å². The van der Waals surface area contributed by atoms with E-state index >= 15 is 0 Å². The Kier molecular flexibility index (Phi) is 12.4. The van der Waals surface area contributed by atoms with Crippen LogP contribution in [0.2, 0.25) is 0 Å². The fourth-order valence-corrected chi connectivity index (χ4v) is 6.14. The van der Waals surface area contributed by atoms with Gasteiger partial charge in [0.15, 0.2) is 0 Å². The SMILES string of the molecule is CCCCC(CC)C(CC(C)C(C)CCC1C(C)C1CCC)C(C)C(C)CC. The van der Waals surface area contributed by atoms with Gasteiger partial charge in [-0.05, 0) is 66.1 Å². The number of hydrogen-bond donors (Lipinski definition) is 0. The van der Waals surface area contributed by atoms with Crippen LogP contribution in [0.25, 0.3) is 0 Å². The lowest BCUT2D eigenvalue weighted by molar-refractivity contribution is 0.123. The molecule has 0 heteroatoms. The van der Waals surface area contributed by atoms with Gasteiger partial charge in [-0.15, -0.1) is 0 Å². The zero-order chi connectivity index (χ0) is 21.3. The molecule has 28 heavy (non-hydrogen) atoms. The highest BCUT2D eigenvalue weighted by atomic mass is 14.5. The third-order valence-corrected chi connectivity index (χ3v) is 9.23. The zero-order valence-electron chi connectivity index (χ0n) is 21.3. The predicted molar refractivity (Wildman–Crippen MR) is 129 cm³/mol. The first-order chi connectivity index (χ1) is 13.3. The molecule has 0 heterocycles. The summed E-state index contributed by atoms with van der Waals surface area (Å²) in [5, 5.41) is 0. The van der Waals surface area contributed by atoms with E-state index in [9.17, 15) is 0 Å². The lowest BCUT2D eigenvalue weighted by atomic mass is 9.68. The molecule has 1 aliphatic rings. The van der Waals surface area contributed by atoms with Gasteiger partial charge in [-0.25, -0.2) is 0 Å². The van der Waals surface area contributed by atoms with E-state index in [1.165, 1.54) is 64.2 Å². The van der Waals surface area contributed by atoms with Gasteiger partial charge in [-0.1, -0.05) is 114 Å². The van der Waals surface area contributed by atoms with Crippen molar-refractivity contribution >= 4 is 0 Å². The van der Waals surface area contributed by atoms with Crippen LogP contribution >= 0.6 is 0 Å². The Morgan fingerprint density at radius 1 is 0.679 bits per heavy atom. The van der Waals surface area contributed by atoms with Crippen molar-refractivity contribution in [2.24, 2.45) is 53.3 Å². The normalized spacial score (nSPS) is 28.4. The molecule has 0 saturated heterocycles. The summed E-state index contributed by atoms with van der Waals surface area (Å²) in [4.78, 5) is 0. The van der Waals surface area contributed by atoms with Crippen LogP contribution in [-0.4, -0.2) is 0 Å². The lowest BCUT2D eigenvalue weighted by Gasteiger charge is -2.37. The highest BCUT2D eigenvalue weighted by Crippen LogP contribution is 2.52. The van der Waals surface area contributed by atoms with Crippen molar-refractivity contribution in [1.82, 2.24) is 0 Å². The number of unbranched alkanes of at least 4 members (excludes halogenated alkanes) is 1. The first-order valence-electron chi connectivity index (χ1n) is 13.3. The third kappa shape index (κ3) is 7.68. The van der Waals surface area contributed by atoms with E-state index in [-0.39, 0.29) is 0 Å². The Morgan fingerprint density at radius 2 is 1.32 bits per heavy atom. The molecule has 1 fully saturated rings. The van der Waals surface area contributed by atoms with E-state index < -0.39 is 0 Å². The number of hydrogen-bond acceptors (Lipinski definition) is 0. The van der Waals surface area contributed by atoms with Gasteiger partial charge in [-0.2, -0.15) is 0 Å². The van der Waals surface area contributed by atoms with Gasteiger partial charge in [0, 0.05) is 0 Å². The quantitative estimate of drug-likeness (QED) is 0.245. The van der Waals surface area contributed by atoms with Crippen LogP contribution < -0.4 is 0 Å². The molecule has 0 aromatic heterocycles. The second-order valence-electron chi connectivity index (χ2n) is 11.0. The molecule has 0 N–H and O–H groups in total. The topological polar surface area (TPSA) is 0 Å². The second-order valence-corrected chi connectivity index (χ2v) is 11.0. The van der Waals surface area contributed by atoms with Crippen molar-refractivity contribution in [3.8, 4) is 0 Å². The molecule has 1 rings (SSSR count). The maximum Gasteiger partial charge on any atom is -0.0355 e. The van der Waals surface area contributed by atoms with Crippen LogP contribution in [0.15, 0.2) is 0 Å². The van der Waals surface area contributed by atoms with E-state index in [0.29, 0.717) is 0 Å². The van der Waals surface area contributed by atoms with Crippen LogP contribution in [0.1, 0.15) is 127 Å². The maximum atomic E-state index is 2.58.